The largest absolute Gasteiger partial charge is 0.365 e. The fourth-order valence-corrected chi connectivity index (χ4v) is 3.48. The van der Waals surface area contributed by atoms with Crippen molar-refractivity contribution in [3.05, 3.63) is 64.1 Å². The molecule has 1 aliphatic carbocycles. The molecule has 2 aromatic heterocycles. The van der Waals surface area contributed by atoms with E-state index >= 15 is 0 Å². The fraction of sp³-hybridized carbons (Fsp3) is 0.176. The van der Waals surface area contributed by atoms with E-state index in [1.807, 2.05) is 18.2 Å². The second-order valence-electron chi connectivity index (χ2n) is 5.94. The molecule has 2 heterocycles. The average Bonchev–Trinajstić information content (AvgIpc) is 3.18. The number of nitrogens with two attached hydrogens (primary N) is 1. The number of hydrogen-bond donors (Lipinski definition) is 2. The van der Waals surface area contributed by atoms with Crippen LogP contribution in [0.15, 0.2) is 36.7 Å². The number of nitrogens with zero attached hydrogens (tertiary/aromatic N) is 3. The van der Waals surface area contributed by atoms with Gasteiger partial charge in [-0.15, -0.1) is 0 Å². The van der Waals surface area contributed by atoms with Gasteiger partial charge >= 0.3 is 0 Å². The Balaban J connectivity index is 1.60. The van der Waals surface area contributed by atoms with Crippen molar-refractivity contribution in [2.75, 3.05) is 0 Å². The number of amides is 2. The molecule has 0 saturated heterocycles. The minimum Gasteiger partial charge on any atom is -0.365 e. The van der Waals surface area contributed by atoms with E-state index < -0.39 is 5.91 Å². The van der Waals surface area contributed by atoms with Gasteiger partial charge in [0.05, 0.1) is 6.20 Å². The fourth-order valence-electron chi connectivity index (χ4n) is 3.21. The summed E-state index contributed by atoms with van der Waals surface area (Å²) >= 11 is 6.22. The Bertz CT molecular complexity index is 1010. The Hall–Kier alpha value is -2.93. The highest BCUT2D eigenvalue weighted by atomic mass is 35.5. The van der Waals surface area contributed by atoms with Crippen LogP contribution in [0.25, 0.3) is 5.65 Å². The standard InChI is InChI=1S/C17H14ClN5O2/c18-13-3-1-2-9-6-10(7-11(9)13)22-17(25)14-4-5-20-16-12(15(19)24)8-21-23(14)16/h1-5,8,10H,6-7H2,(H2,19,24)(H,22,25). The average molecular weight is 356 g/mol. The van der Waals surface area contributed by atoms with Gasteiger partial charge in [-0.2, -0.15) is 5.10 Å². The van der Waals surface area contributed by atoms with E-state index in [0.29, 0.717) is 12.1 Å². The first-order chi connectivity index (χ1) is 12.0. The van der Waals surface area contributed by atoms with Gasteiger partial charge in [-0.05, 0) is 36.1 Å². The van der Waals surface area contributed by atoms with Gasteiger partial charge < -0.3 is 11.1 Å². The van der Waals surface area contributed by atoms with E-state index in [9.17, 15) is 9.59 Å². The van der Waals surface area contributed by atoms with Crippen molar-refractivity contribution in [2.24, 2.45) is 5.73 Å². The summed E-state index contributed by atoms with van der Waals surface area (Å²) in [6.45, 7) is 0. The molecule has 8 heteroatoms. The van der Waals surface area contributed by atoms with Gasteiger partial charge in [0, 0.05) is 17.3 Å². The van der Waals surface area contributed by atoms with Crippen molar-refractivity contribution in [1.82, 2.24) is 19.9 Å². The molecule has 1 atom stereocenters. The molecule has 0 spiro atoms. The monoisotopic (exact) mass is 355 g/mol. The summed E-state index contributed by atoms with van der Waals surface area (Å²) in [6, 6.07) is 7.29. The highest BCUT2D eigenvalue weighted by Crippen LogP contribution is 2.28. The normalized spacial score (nSPS) is 16.0. The maximum absolute atomic E-state index is 12.7. The van der Waals surface area contributed by atoms with Crippen LogP contribution in [0.3, 0.4) is 0 Å². The molecule has 25 heavy (non-hydrogen) atoms. The predicted octanol–water partition coefficient (Wildman–Crippen LogP) is 1.38. The van der Waals surface area contributed by atoms with Crippen LogP contribution in [-0.2, 0) is 12.8 Å². The van der Waals surface area contributed by atoms with Crippen LogP contribution < -0.4 is 11.1 Å². The summed E-state index contributed by atoms with van der Waals surface area (Å²) in [5, 5.41) is 7.78. The van der Waals surface area contributed by atoms with Gasteiger partial charge in [-0.1, -0.05) is 23.7 Å². The SMILES string of the molecule is NC(=O)c1cnn2c(C(=O)NC3Cc4cccc(Cl)c4C3)ccnc12. The summed E-state index contributed by atoms with van der Waals surface area (Å²) in [6.07, 6.45) is 4.17. The Kier molecular flexibility index (Phi) is 3.65. The lowest BCUT2D eigenvalue weighted by molar-refractivity contribution is 0.0929. The van der Waals surface area contributed by atoms with Crippen molar-refractivity contribution < 1.29 is 9.59 Å². The maximum Gasteiger partial charge on any atom is 0.270 e. The van der Waals surface area contributed by atoms with Gasteiger partial charge in [-0.3, -0.25) is 9.59 Å². The highest BCUT2D eigenvalue weighted by Gasteiger charge is 2.26. The number of rotatable bonds is 3. The molecule has 0 aliphatic heterocycles. The van der Waals surface area contributed by atoms with Crippen molar-refractivity contribution >= 4 is 29.1 Å². The lowest BCUT2D eigenvalue weighted by Gasteiger charge is -2.12. The summed E-state index contributed by atoms with van der Waals surface area (Å²) in [4.78, 5) is 28.2. The lowest BCUT2D eigenvalue weighted by atomic mass is 10.1. The number of primary amides is 1. The first-order valence-corrected chi connectivity index (χ1v) is 8.12. The van der Waals surface area contributed by atoms with Gasteiger partial charge in [0.15, 0.2) is 5.65 Å². The topological polar surface area (TPSA) is 102 Å². The molecule has 3 N–H and O–H groups in total. The highest BCUT2D eigenvalue weighted by molar-refractivity contribution is 6.31. The number of carbonyl (C=O) groups is 2. The number of fused-ring (bicyclic) bond motifs is 2. The second-order valence-corrected chi connectivity index (χ2v) is 6.35. The summed E-state index contributed by atoms with van der Waals surface area (Å²) in [5.41, 5.74) is 8.25. The minimum atomic E-state index is -0.638. The van der Waals surface area contributed by atoms with Gasteiger partial charge in [0.25, 0.3) is 11.8 Å². The Morgan fingerprint density at radius 1 is 1.28 bits per heavy atom. The second kappa shape index (κ2) is 5.86. The number of benzene rings is 1. The van der Waals surface area contributed by atoms with E-state index in [-0.39, 0.29) is 23.2 Å². The molecule has 7 nitrogen and oxygen atoms in total. The van der Waals surface area contributed by atoms with Crippen molar-refractivity contribution in [2.45, 2.75) is 18.9 Å². The van der Waals surface area contributed by atoms with Crippen molar-refractivity contribution in [3.63, 3.8) is 0 Å². The number of carbonyl (C=O) groups excluding carboxylic acids is 2. The van der Waals surface area contributed by atoms with Gasteiger partial charge in [-0.25, -0.2) is 9.50 Å². The van der Waals surface area contributed by atoms with E-state index in [1.54, 1.807) is 6.07 Å². The molecule has 1 aromatic carbocycles. The zero-order chi connectivity index (χ0) is 17.6. The van der Waals surface area contributed by atoms with Crippen molar-refractivity contribution in [3.8, 4) is 0 Å². The van der Waals surface area contributed by atoms with E-state index in [4.69, 9.17) is 17.3 Å². The van der Waals surface area contributed by atoms with Crippen LogP contribution >= 0.6 is 11.6 Å². The third kappa shape index (κ3) is 2.62. The molecule has 4 rings (SSSR count). The molecule has 0 saturated carbocycles. The first-order valence-electron chi connectivity index (χ1n) is 7.74. The Morgan fingerprint density at radius 2 is 2.12 bits per heavy atom. The molecule has 0 bridgehead atoms. The minimum absolute atomic E-state index is 0.0446. The van der Waals surface area contributed by atoms with Gasteiger partial charge in [0.1, 0.15) is 11.3 Å². The first kappa shape index (κ1) is 15.6. The summed E-state index contributed by atoms with van der Waals surface area (Å²) in [7, 11) is 0. The number of aromatic nitrogens is 3. The van der Waals surface area contributed by atoms with Crippen LogP contribution in [0, 0.1) is 0 Å². The van der Waals surface area contributed by atoms with Crippen LogP contribution in [0.4, 0.5) is 0 Å². The smallest absolute Gasteiger partial charge is 0.270 e. The molecule has 1 aliphatic rings. The molecule has 1 unspecified atom stereocenters. The number of hydrogen-bond acceptors (Lipinski definition) is 4. The van der Waals surface area contributed by atoms with Crippen molar-refractivity contribution in [1.29, 1.82) is 0 Å². The van der Waals surface area contributed by atoms with Crippen LogP contribution in [0.2, 0.25) is 5.02 Å². The quantitative estimate of drug-likeness (QED) is 0.740. The van der Waals surface area contributed by atoms with Crippen LogP contribution in [0.1, 0.15) is 32.0 Å². The summed E-state index contributed by atoms with van der Waals surface area (Å²) in [5.74, 6) is -0.929. The number of nitrogens with one attached hydrogen (secondary N) is 1. The number of halogens is 1. The third-order valence-electron chi connectivity index (χ3n) is 4.37. The Labute approximate surface area is 147 Å². The molecular weight excluding hydrogens is 342 g/mol. The van der Waals surface area contributed by atoms with Gasteiger partial charge in [0.2, 0.25) is 0 Å². The predicted molar refractivity (Wildman–Crippen MR) is 91.6 cm³/mol. The molecule has 0 radical (unpaired) electrons. The van der Waals surface area contributed by atoms with Crippen LogP contribution in [-0.4, -0.2) is 32.5 Å². The third-order valence-corrected chi connectivity index (χ3v) is 4.72. The van der Waals surface area contributed by atoms with E-state index in [0.717, 1.165) is 22.6 Å². The lowest BCUT2D eigenvalue weighted by Crippen LogP contribution is -2.36. The zero-order valence-corrected chi connectivity index (χ0v) is 13.8. The molecular formula is C17H14ClN5O2. The Morgan fingerprint density at radius 3 is 2.88 bits per heavy atom. The zero-order valence-electron chi connectivity index (χ0n) is 13.1. The molecule has 126 valence electrons. The molecule has 3 aromatic rings. The van der Waals surface area contributed by atoms with Crippen LogP contribution in [0.5, 0.6) is 0 Å². The van der Waals surface area contributed by atoms with E-state index in [1.165, 1.54) is 16.9 Å². The van der Waals surface area contributed by atoms with E-state index in [2.05, 4.69) is 15.4 Å². The maximum atomic E-state index is 12.7. The molecule has 2 amide bonds. The molecule has 0 fully saturated rings. The summed E-state index contributed by atoms with van der Waals surface area (Å²) < 4.78 is 1.32.